The standard InChI is InChI=1S/C17H27NO11/c1-3-4-26-16-10(18-7(2)21)12(23)15(9(6-20)28-16)29-17-14(25)13(24)11(22)8(5-19)27-17/h3,5,8-17,20,22-25H,1,4,6H2,2H3,(H,18,21)/t8-,9-,10-,11+,12-,13+,14-,15-,16+,17+/m1/s1. The van der Waals surface area contributed by atoms with Gasteiger partial charge >= 0.3 is 0 Å². The van der Waals surface area contributed by atoms with E-state index in [1.54, 1.807) is 0 Å². The predicted octanol–water partition coefficient (Wildman–Crippen LogP) is -3.84. The highest BCUT2D eigenvalue weighted by atomic mass is 16.7. The first-order valence-corrected chi connectivity index (χ1v) is 8.99. The highest BCUT2D eigenvalue weighted by molar-refractivity contribution is 5.73. The van der Waals surface area contributed by atoms with Gasteiger partial charge in [-0.05, 0) is 0 Å². The quantitative estimate of drug-likeness (QED) is 0.167. The van der Waals surface area contributed by atoms with Gasteiger partial charge in [0, 0.05) is 6.92 Å². The van der Waals surface area contributed by atoms with Gasteiger partial charge in [-0.3, -0.25) is 4.79 Å². The Morgan fingerprint density at radius 2 is 1.79 bits per heavy atom. The van der Waals surface area contributed by atoms with Crippen LogP contribution in [0, 0.1) is 0 Å². The van der Waals surface area contributed by atoms with Crippen LogP contribution in [0.1, 0.15) is 6.92 Å². The molecule has 166 valence electrons. The van der Waals surface area contributed by atoms with E-state index in [0.717, 1.165) is 0 Å². The summed E-state index contributed by atoms with van der Waals surface area (Å²) in [5.74, 6) is -0.500. The molecule has 12 nitrogen and oxygen atoms in total. The van der Waals surface area contributed by atoms with E-state index < -0.39 is 73.9 Å². The number of carbonyl (C=O) groups excluding carboxylic acids is 2. The van der Waals surface area contributed by atoms with Crippen molar-refractivity contribution >= 4 is 12.2 Å². The number of ether oxygens (including phenoxy) is 4. The molecule has 0 aromatic rings. The van der Waals surface area contributed by atoms with Gasteiger partial charge in [0.25, 0.3) is 0 Å². The van der Waals surface area contributed by atoms with Crippen LogP contribution in [0.4, 0.5) is 0 Å². The van der Waals surface area contributed by atoms with Crippen LogP contribution < -0.4 is 5.32 Å². The second-order valence-corrected chi connectivity index (χ2v) is 6.74. The lowest BCUT2D eigenvalue weighted by molar-refractivity contribution is -0.340. The molecule has 29 heavy (non-hydrogen) atoms. The third-order valence-electron chi connectivity index (χ3n) is 4.63. The number of hydrogen-bond donors (Lipinski definition) is 6. The molecule has 0 saturated carbocycles. The van der Waals surface area contributed by atoms with Crippen molar-refractivity contribution in [2.45, 2.75) is 68.3 Å². The van der Waals surface area contributed by atoms with Crippen LogP contribution in [0.15, 0.2) is 12.7 Å². The summed E-state index contributed by atoms with van der Waals surface area (Å²) < 4.78 is 21.6. The van der Waals surface area contributed by atoms with Gasteiger partial charge in [0.2, 0.25) is 5.91 Å². The molecule has 0 aromatic heterocycles. The molecule has 0 radical (unpaired) electrons. The van der Waals surface area contributed by atoms with Crippen molar-refractivity contribution < 1.29 is 54.1 Å². The van der Waals surface area contributed by atoms with E-state index in [1.807, 2.05) is 0 Å². The Balaban J connectivity index is 2.21. The second-order valence-electron chi connectivity index (χ2n) is 6.74. The van der Waals surface area contributed by atoms with Gasteiger partial charge < -0.3 is 54.6 Å². The van der Waals surface area contributed by atoms with Crippen molar-refractivity contribution in [3.8, 4) is 0 Å². The Hall–Kier alpha value is -1.48. The van der Waals surface area contributed by atoms with Crippen molar-refractivity contribution in [2.75, 3.05) is 13.2 Å². The molecule has 12 heteroatoms. The molecule has 0 unspecified atom stereocenters. The van der Waals surface area contributed by atoms with Crippen LogP contribution in [0.25, 0.3) is 0 Å². The lowest BCUT2D eigenvalue weighted by atomic mass is 9.95. The molecule has 2 aliphatic heterocycles. The van der Waals surface area contributed by atoms with Gasteiger partial charge in [0.15, 0.2) is 18.9 Å². The molecule has 2 saturated heterocycles. The van der Waals surface area contributed by atoms with Crippen molar-refractivity contribution in [1.29, 1.82) is 0 Å². The smallest absolute Gasteiger partial charge is 0.217 e. The fourth-order valence-corrected chi connectivity index (χ4v) is 3.18. The van der Waals surface area contributed by atoms with Crippen LogP contribution in [-0.2, 0) is 28.5 Å². The van der Waals surface area contributed by atoms with Crippen LogP contribution in [0.3, 0.4) is 0 Å². The zero-order chi connectivity index (χ0) is 21.7. The Bertz CT molecular complexity index is 576. The third kappa shape index (κ3) is 5.36. The summed E-state index contributed by atoms with van der Waals surface area (Å²) in [6.07, 6.45) is -11.8. The van der Waals surface area contributed by atoms with Crippen LogP contribution in [-0.4, -0.2) is 112 Å². The predicted molar refractivity (Wildman–Crippen MR) is 93.1 cm³/mol. The molecule has 6 N–H and O–H groups in total. The monoisotopic (exact) mass is 421 g/mol. The molecular weight excluding hydrogens is 394 g/mol. The molecule has 0 bridgehead atoms. The summed E-state index contributed by atoms with van der Waals surface area (Å²) >= 11 is 0. The molecule has 0 aromatic carbocycles. The molecule has 0 aliphatic carbocycles. The Kier molecular flexibility index (Phi) is 8.63. The van der Waals surface area contributed by atoms with Crippen molar-refractivity contribution in [2.24, 2.45) is 0 Å². The normalized spacial score (nSPS) is 42.8. The first-order chi connectivity index (χ1) is 13.7. The molecule has 10 atom stereocenters. The summed E-state index contributed by atoms with van der Waals surface area (Å²) in [7, 11) is 0. The van der Waals surface area contributed by atoms with Gasteiger partial charge in [-0.1, -0.05) is 6.08 Å². The summed E-state index contributed by atoms with van der Waals surface area (Å²) in [5, 5.41) is 52.6. The Morgan fingerprint density at radius 3 is 2.34 bits per heavy atom. The van der Waals surface area contributed by atoms with Gasteiger partial charge in [-0.25, -0.2) is 0 Å². The molecule has 2 fully saturated rings. The topological polar surface area (TPSA) is 184 Å². The van der Waals surface area contributed by atoms with E-state index in [0.29, 0.717) is 0 Å². The van der Waals surface area contributed by atoms with Gasteiger partial charge in [0.05, 0.1) is 13.2 Å². The average molecular weight is 421 g/mol. The lowest BCUT2D eigenvalue weighted by Crippen LogP contribution is -2.67. The molecule has 2 rings (SSSR count). The lowest BCUT2D eigenvalue weighted by Gasteiger charge is -2.46. The first kappa shape index (κ1) is 23.8. The minimum Gasteiger partial charge on any atom is -0.394 e. The fourth-order valence-electron chi connectivity index (χ4n) is 3.18. The third-order valence-corrected chi connectivity index (χ3v) is 4.63. The minimum atomic E-state index is -1.76. The van der Waals surface area contributed by atoms with E-state index in [9.17, 15) is 35.1 Å². The number of aldehydes is 1. The Labute approximate surface area is 166 Å². The van der Waals surface area contributed by atoms with E-state index in [-0.39, 0.29) is 12.9 Å². The van der Waals surface area contributed by atoms with E-state index in [1.165, 1.54) is 13.0 Å². The highest BCUT2D eigenvalue weighted by Crippen LogP contribution is 2.29. The summed E-state index contributed by atoms with van der Waals surface area (Å²) in [5.41, 5.74) is 0. The fraction of sp³-hybridized carbons (Fsp3) is 0.765. The number of aliphatic hydroxyl groups is 5. The number of amides is 1. The average Bonchev–Trinajstić information content (AvgIpc) is 2.69. The van der Waals surface area contributed by atoms with E-state index in [2.05, 4.69) is 11.9 Å². The van der Waals surface area contributed by atoms with Crippen LogP contribution in [0.5, 0.6) is 0 Å². The first-order valence-electron chi connectivity index (χ1n) is 8.99. The van der Waals surface area contributed by atoms with E-state index in [4.69, 9.17) is 18.9 Å². The van der Waals surface area contributed by atoms with Crippen molar-refractivity contribution in [3.05, 3.63) is 12.7 Å². The second kappa shape index (κ2) is 10.5. The number of rotatable bonds is 8. The summed E-state index contributed by atoms with van der Waals surface area (Å²) in [4.78, 5) is 22.6. The molecule has 1 amide bonds. The highest BCUT2D eigenvalue weighted by Gasteiger charge is 2.51. The number of hydrogen-bond acceptors (Lipinski definition) is 11. The maximum atomic E-state index is 11.5. The Morgan fingerprint density at radius 1 is 1.10 bits per heavy atom. The van der Waals surface area contributed by atoms with Gasteiger partial charge in [-0.2, -0.15) is 0 Å². The van der Waals surface area contributed by atoms with E-state index >= 15 is 0 Å². The molecular formula is C17H27NO11. The molecule has 0 spiro atoms. The zero-order valence-corrected chi connectivity index (χ0v) is 15.7. The minimum absolute atomic E-state index is 0.0344. The van der Waals surface area contributed by atoms with Crippen LogP contribution in [0.2, 0.25) is 0 Å². The number of nitrogens with one attached hydrogen (secondary N) is 1. The maximum Gasteiger partial charge on any atom is 0.217 e. The zero-order valence-electron chi connectivity index (χ0n) is 15.7. The van der Waals surface area contributed by atoms with Crippen LogP contribution >= 0.6 is 0 Å². The van der Waals surface area contributed by atoms with Gasteiger partial charge in [-0.15, -0.1) is 6.58 Å². The molecule has 2 aliphatic rings. The number of carbonyl (C=O) groups is 2. The van der Waals surface area contributed by atoms with Crippen molar-refractivity contribution in [3.63, 3.8) is 0 Å². The largest absolute Gasteiger partial charge is 0.394 e. The maximum absolute atomic E-state index is 11.5. The van der Waals surface area contributed by atoms with Crippen molar-refractivity contribution in [1.82, 2.24) is 5.32 Å². The SMILES string of the molecule is C=CCO[C@H]1O[C@H](CO)[C@@H](O[C@@H]2O[C@H](C=O)[C@H](O)[C@H](O)[C@H]2O)[C@H](O)[C@H]1NC(C)=O. The summed E-state index contributed by atoms with van der Waals surface area (Å²) in [6.45, 7) is 4.11. The molecule has 2 heterocycles. The van der Waals surface area contributed by atoms with Gasteiger partial charge in [0.1, 0.15) is 48.8 Å². The number of aliphatic hydroxyl groups excluding tert-OH is 5. The summed E-state index contributed by atoms with van der Waals surface area (Å²) in [6, 6.07) is -1.11.